The van der Waals surface area contributed by atoms with Gasteiger partial charge in [-0.2, -0.15) is 5.10 Å². The number of benzene rings is 1. The molecule has 1 N–H and O–H groups in total. The fourth-order valence-electron chi connectivity index (χ4n) is 3.10. The Labute approximate surface area is 154 Å². The molecule has 0 spiro atoms. The van der Waals surface area contributed by atoms with Crippen LogP contribution < -0.4 is 5.32 Å². The maximum atomic E-state index is 12.5. The van der Waals surface area contributed by atoms with Gasteiger partial charge in [0.1, 0.15) is 6.33 Å². The zero-order valence-corrected chi connectivity index (χ0v) is 15.5. The number of rotatable bonds is 5. The molecule has 2 aromatic rings. The highest BCUT2D eigenvalue weighted by Crippen LogP contribution is 2.19. The number of nitrogens with zero attached hydrogens (tertiary/aromatic N) is 4. The number of likely N-dealkylation sites (tertiary alicyclic amines) is 1. The van der Waals surface area contributed by atoms with Crippen LogP contribution in [0.2, 0.25) is 0 Å². The lowest BCUT2D eigenvalue weighted by atomic mass is 10.2. The molecule has 1 atom stereocenters. The summed E-state index contributed by atoms with van der Waals surface area (Å²) in [5.74, 6) is 0.677. The lowest BCUT2D eigenvalue weighted by Crippen LogP contribution is -2.36. The van der Waals surface area contributed by atoms with Gasteiger partial charge in [-0.05, 0) is 49.9 Å². The van der Waals surface area contributed by atoms with Gasteiger partial charge in [-0.3, -0.25) is 4.68 Å². The van der Waals surface area contributed by atoms with Crippen molar-refractivity contribution in [2.45, 2.75) is 38.7 Å². The molecule has 1 aromatic heterocycles. The number of aryl methyl sites for hydroxylation is 1. The third-order valence-electron chi connectivity index (χ3n) is 4.51. The second-order valence-corrected chi connectivity index (χ2v) is 6.66. The molecule has 2 amide bonds. The van der Waals surface area contributed by atoms with Crippen molar-refractivity contribution in [2.75, 3.05) is 25.0 Å². The van der Waals surface area contributed by atoms with Crippen molar-refractivity contribution in [2.24, 2.45) is 7.05 Å². The Kier molecular flexibility index (Phi) is 6.22. The predicted octanol–water partition coefficient (Wildman–Crippen LogP) is 3.30. The molecule has 140 valence electrons. The first kappa shape index (κ1) is 18.4. The van der Waals surface area contributed by atoms with Gasteiger partial charge >= 0.3 is 6.03 Å². The summed E-state index contributed by atoms with van der Waals surface area (Å²) in [5, 5.41) is 7.26. The summed E-state index contributed by atoms with van der Waals surface area (Å²) in [6.07, 6.45) is 5.88. The maximum Gasteiger partial charge on any atom is 0.321 e. The number of hydrogen-bond acceptors (Lipinski definition) is 4. The summed E-state index contributed by atoms with van der Waals surface area (Å²) in [6.45, 7) is 4.42. The van der Waals surface area contributed by atoms with E-state index < -0.39 is 0 Å². The molecule has 1 unspecified atom stereocenters. The lowest BCUT2D eigenvalue weighted by Gasteiger charge is -2.21. The number of ether oxygens (including phenoxy) is 1. The molecular formula is C19H27N5O2. The van der Waals surface area contributed by atoms with Crippen molar-refractivity contribution in [3.8, 4) is 11.4 Å². The molecule has 7 nitrogen and oxygen atoms in total. The molecule has 3 rings (SSSR count). The normalized spacial score (nSPS) is 17.8. The zero-order valence-electron chi connectivity index (χ0n) is 15.5. The van der Waals surface area contributed by atoms with Gasteiger partial charge in [0, 0.05) is 38.0 Å². The maximum absolute atomic E-state index is 12.5. The van der Waals surface area contributed by atoms with Crippen LogP contribution in [0.4, 0.5) is 10.5 Å². The van der Waals surface area contributed by atoms with E-state index in [0.29, 0.717) is 5.82 Å². The third-order valence-corrected chi connectivity index (χ3v) is 4.51. The minimum atomic E-state index is -0.0511. The number of aromatic nitrogens is 3. The number of carbonyl (C=O) groups is 1. The smallest absolute Gasteiger partial charge is 0.321 e. The predicted molar refractivity (Wildman–Crippen MR) is 101 cm³/mol. The molecule has 1 aliphatic heterocycles. The summed E-state index contributed by atoms with van der Waals surface area (Å²) in [7, 11) is 1.84. The monoisotopic (exact) mass is 357 g/mol. The first-order valence-corrected chi connectivity index (χ1v) is 9.29. The number of carbonyl (C=O) groups excluding carboxylic acids is 1. The van der Waals surface area contributed by atoms with E-state index in [1.54, 1.807) is 11.0 Å². The Morgan fingerprint density at radius 1 is 1.27 bits per heavy atom. The van der Waals surface area contributed by atoms with Gasteiger partial charge in [0.15, 0.2) is 5.82 Å². The average Bonchev–Trinajstić information content (AvgIpc) is 2.94. The minimum Gasteiger partial charge on any atom is -0.378 e. The first-order valence-electron chi connectivity index (χ1n) is 9.29. The van der Waals surface area contributed by atoms with E-state index in [1.807, 2.05) is 36.2 Å². The molecule has 2 heterocycles. The number of anilines is 1. The zero-order chi connectivity index (χ0) is 18.4. The third kappa shape index (κ3) is 4.82. The summed E-state index contributed by atoms with van der Waals surface area (Å²) in [6, 6.07) is 7.55. The molecule has 7 heteroatoms. The first-order chi connectivity index (χ1) is 12.7. The largest absolute Gasteiger partial charge is 0.378 e. The Bertz CT molecular complexity index is 713. The van der Waals surface area contributed by atoms with E-state index in [9.17, 15) is 4.79 Å². The van der Waals surface area contributed by atoms with Crippen LogP contribution in [0.3, 0.4) is 0 Å². The highest BCUT2D eigenvalue weighted by atomic mass is 16.5. The van der Waals surface area contributed by atoms with Crippen LogP contribution in [0, 0.1) is 0 Å². The molecule has 1 aromatic carbocycles. The summed E-state index contributed by atoms with van der Waals surface area (Å²) in [4.78, 5) is 18.7. The summed E-state index contributed by atoms with van der Waals surface area (Å²) >= 11 is 0. The van der Waals surface area contributed by atoms with Gasteiger partial charge in [0.2, 0.25) is 0 Å². The van der Waals surface area contributed by atoms with Crippen LogP contribution in [0.25, 0.3) is 11.4 Å². The highest BCUT2D eigenvalue weighted by Gasteiger charge is 2.21. The van der Waals surface area contributed by atoms with Crippen molar-refractivity contribution in [3.05, 3.63) is 30.6 Å². The number of urea groups is 1. The van der Waals surface area contributed by atoms with Crippen LogP contribution in [0.1, 0.15) is 32.6 Å². The number of amides is 2. The van der Waals surface area contributed by atoms with Crippen LogP contribution in [0.15, 0.2) is 30.6 Å². The van der Waals surface area contributed by atoms with Gasteiger partial charge in [-0.25, -0.2) is 9.78 Å². The van der Waals surface area contributed by atoms with Crippen molar-refractivity contribution < 1.29 is 9.53 Å². The lowest BCUT2D eigenvalue weighted by molar-refractivity contribution is 0.0446. The number of hydrogen-bond donors (Lipinski definition) is 1. The molecule has 0 aliphatic carbocycles. The van der Waals surface area contributed by atoms with E-state index in [4.69, 9.17) is 4.74 Å². The second kappa shape index (κ2) is 8.80. The minimum absolute atomic E-state index is 0.0511. The molecule has 0 radical (unpaired) electrons. The molecule has 1 aliphatic rings. The average molecular weight is 357 g/mol. The Morgan fingerprint density at radius 2 is 2.08 bits per heavy atom. The van der Waals surface area contributed by atoms with E-state index >= 15 is 0 Å². The Hall–Kier alpha value is -2.41. The van der Waals surface area contributed by atoms with Crippen molar-refractivity contribution in [1.29, 1.82) is 0 Å². The van der Waals surface area contributed by atoms with Gasteiger partial charge in [0.05, 0.1) is 6.10 Å². The topological polar surface area (TPSA) is 72.3 Å². The van der Waals surface area contributed by atoms with Gasteiger partial charge in [-0.15, -0.1) is 0 Å². The van der Waals surface area contributed by atoms with E-state index in [-0.39, 0.29) is 12.1 Å². The SMILES string of the molecule is CCCOC1CCCN(C(=O)Nc2ccc(-c3ncn(C)n3)cc2)CC1. The van der Waals surface area contributed by atoms with Gasteiger partial charge in [-0.1, -0.05) is 6.92 Å². The fraction of sp³-hybridized carbons (Fsp3) is 0.526. The highest BCUT2D eigenvalue weighted by molar-refractivity contribution is 5.89. The van der Waals surface area contributed by atoms with Crippen molar-refractivity contribution >= 4 is 11.7 Å². The molecule has 1 saturated heterocycles. The molecule has 1 fully saturated rings. The van der Waals surface area contributed by atoms with Gasteiger partial charge in [0.25, 0.3) is 0 Å². The summed E-state index contributed by atoms with van der Waals surface area (Å²) in [5.41, 5.74) is 1.70. The molecule has 0 bridgehead atoms. The molecule has 0 saturated carbocycles. The van der Waals surface area contributed by atoms with Crippen LogP contribution in [0.5, 0.6) is 0 Å². The fourth-order valence-corrected chi connectivity index (χ4v) is 3.10. The molecule has 26 heavy (non-hydrogen) atoms. The standard InChI is InChI=1S/C19H27N5O2/c1-3-13-26-17-5-4-11-24(12-10-17)19(25)21-16-8-6-15(7-9-16)18-20-14-23(2)22-18/h6-9,14,17H,3-5,10-13H2,1-2H3,(H,21,25). The van der Waals surface area contributed by atoms with E-state index in [1.165, 1.54) is 0 Å². The quantitative estimate of drug-likeness (QED) is 0.891. The van der Waals surface area contributed by atoms with Crippen molar-refractivity contribution in [1.82, 2.24) is 19.7 Å². The van der Waals surface area contributed by atoms with E-state index in [2.05, 4.69) is 22.3 Å². The second-order valence-electron chi connectivity index (χ2n) is 6.66. The molecular weight excluding hydrogens is 330 g/mol. The number of nitrogens with one attached hydrogen (secondary N) is 1. The van der Waals surface area contributed by atoms with Gasteiger partial charge < -0.3 is 15.0 Å². The van der Waals surface area contributed by atoms with E-state index in [0.717, 1.165) is 56.6 Å². The van der Waals surface area contributed by atoms with Crippen LogP contribution in [-0.2, 0) is 11.8 Å². The summed E-state index contributed by atoms with van der Waals surface area (Å²) < 4.78 is 7.51. The van der Waals surface area contributed by atoms with Crippen LogP contribution in [-0.4, -0.2) is 51.5 Å². The Balaban J connectivity index is 1.54. The van der Waals surface area contributed by atoms with Crippen molar-refractivity contribution in [3.63, 3.8) is 0 Å². The Morgan fingerprint density at radius 3 is 2.77 bits per heavy atom. The van der Waals surface area contributed by atoms with Crippen LogP contribution >= 0.6 is 0 Å².